The van der Waals surface area contributed by atoms with Gasteiger partial charge in [0.05, 0.1) is 6.54 Å². The molecule has 186 valence electrons. The molecular formula is C29H35FN2O2S. The van der Waals surface area contributed by atoms with Gasteiger partial charge < -0.3 is 9.80 Å². The minimum atomic E-state index is -0.310. The second-order valence-electron chi connectivity index (χ2n) is 10.3. The van der Waals surface area contributed by atoms with Crippen LogP contribution in [0.3, 0.4) is 0 Å². The van der Waals surface area contributed by atoms with Crippen LogP contribution in [-0.4, -0.2) is 34.2 Å². The number of halogens is 1. The van der Waals surface area contributed by atoms with Gasteiger partial charge in [0.2, 0.25) is 5.91 Å². The normalized spacial score (nSPS) is 11.5. The Morgan fingerprint density at radius 1 is 0.943 bits per heavy atom. The summed E-state index contributed by atoms with van der Waals surface area (Å²) in [7, 11) is 0. The molecule has 6 heteroatoms. The maximum Gasteiger partial charge on any atom is 0.254 e. The zero-order chi connectivity index (χ0) is 25.8. The lowest BCUT2D eigenvalue weighted by molar-refractivity contribution is -0.133. The van der Waals surface area contributed by atoms with Crippen molar-refractivity contribution in [3.8, 4) is 0 Å². The van der Waals surface area contributed by atoms with E-state index < -0.39 is 0 Å². The number of hydrogen-bond donors (Lipinski definition) is 0. The molecule has 0 N–H and O–H groups in total. The van der Waals surface area contributed by atoms with Gasteiger partial charge in [-0.15, -0.1) is 11.3 Å². The summed E-state index contributed by atoms with van der Waals surface area (Å²) in [6.07, 6.45) is 0. The van der Waals surface area contributed by atoms with Crippen LogP contribution in [0.2, 0.25) is 0 Å². The van der Waals surface area contributed by atoms with Crippen LogP contribution in [0.1, 0.15) is 66.5 Å². The topological polar surface area (TPSA) is 40.6 Å². The second kappa shape index (κ2) is 11.2. The fraction of sp³-hybridized carbons (Fsp3) is 0.379. The van der Waals surface area contributed by atoms with Gasteiger partial charge in [-0.2, -0.15) is 0 Å². The van der Waals surface area contributed by atoms with Gasteiger partial charge in [0.1, 0.15) is 12.4 Å². The average Bonchev–Trinajstić information content (AvgIpc) is 3.21. The van der Waals surface area contributed by atoms with Gasteiger partial charge in [0.15, 0.2) is 0 Å². The highest BCUT2D eigenvalue weighted by molar-refractivity contribution is 7.10. The number of amides is 2. The molecule has 0 fully saturated rings. The maximum atomic E-state index is 13.6. The molecule has 3 rings (SSSR count). The van der Waals surface area contributed by atoms with E-state index >= 15 is 0 Å². The number of hydrogen-bond acceptors (Lipinski definition) is 3. The minimum absolute atomic E-state index is 0.00391. The number of thiophene rings is 1. The quantitative estimate of drug-likeness (QED) is 0.355. The van der Waals surface area contributed by atoms with E-state index in [1.807, 2.05) is 56.5 Å². The van der Waals surface area contributed by atoms with E-state index in [0.29, 0.717) is 18.7 Å². The zero-order valence-electron chi connectivity index (χ0n) is 21.5. The molecule has 0 spiro atoms. The Morgan fingerprint density at radius 3 is 2.09 bits per heavy atom. The van der Waals surface area contributed by atoms with E-state index in [4.69, 9.17) is 0 Å². The molecule has 3 aromatic rings. The van der Waals surface area contributed by atoms with Crippen molar-refractivity contribution in [2.45, 2.75) is 66.1 Å². The third-order valence-electron chi connectivity index (χ3n) is 6.13. The maximum absolute atomic E-state index is 13.6. The molecule has 2 amide bonds. The Hall–Kier alpha value is -2.99. The summed E-state index contributed by atoms with van der Waals surface area (Å²) in [5.41, 5.74) is 3.68. The number of carbonyl (C=O) groups is 2. The van der Waals surface area contributed by atoms with Gasteiger partial charge in [0, 0.05) is 23.0 Å². The van der Waals surface area contributed by atoms with Crippen LogP contribution in [-0.2, 0) is 23.3 Å². The number of benzene rings is 2. The summed E-state index contributed by atoms with van der Waals surface area (Å²) in [5.74, 6) is -0.617. The Bertz CT molecular complexity index is 1140. The monoisotopic (exact) mass is 494 g/mol. The molecule has 0 bridgehead atoms. The molecule has 0 aliphatic rings. The first-order valence-corrected chi connectivity index (χ1v) is 12.8. The Labute approximate surface area is 212 Å². The largest absolute Gasteiger partial charge is 0.332 e. The van der Waals surface area contributed by atoms with Crippen molar-refractivity contribution < 1.29 is 14.0 Å². The number of carbonyl (C=O) groups excluding carboxylic acids is 2. The van der Waals surface area contributed by atoms with Crippen molar-refractivity contribution in [1.82, 2.24) is 9.80 Å². The lowest BCUT2D eigenvalue weighted by Crippen LogP contribution is -2.45. The second-order valence-corrected chi connectivity index (χ2v) is 11.3. The molecule has 0 aliphatic carbocycles. The highest BCUT2D eigenvalue weighted by Crippen LogP contribution is 2.23. The molecule has 0 aliphatic heterocycles. The standard InChI is InChI=1S/C29H35FN2O2S/c1-20(2)32(28(34)23-9-11-24(12-10-23)29(4,5)6)19-27(33)31(18-26-21(3)15-16-35-26)17-22-7-13-25(30)14-8-22/h7-16,20H,17-19H2,1-6H3. The first-order valence-electron chi connectivity index (χ1n) is 11.9. The SMILES string of the molecule is Cc1ccsc1CN(Cc1ccc(F)cc1)C(=O)CN(C(=O)c1ccc(C(C)(C)C)cc1)C(C)C. The van der Waals surface area contributed by atoms with Crippen molar-refractivity contribution in [1.29, 1.82) is 0 Å². The summed E-state index contributed by atoms with van der Waals surface area (Å²) in [5, 5.41) is 2.01. The first kappa shape index (κ1) is 26.6. The predicted molar refractivity (Wildman–Crippen MR) is 141 cm³/mol. The van der Waals surface area contributed by atoms with Crippen LogP contribution in [0.5, 0.6) is 0 Å². The third kappa shape index (κ3) is 7.01. The fourth-order valence-electron chi connectivity index (χ4n) is 3.80. The molecule has 0 saturated carbocycles. The van der Waals surface area contributed by atoms with Gasteiger partial charge in [0.25, 0.3) is 5.91 Å². The summed E-state index contributed by atoms with van der Waals surface area (Å²) in [6, 6.07) is 15.7. The minimum Gasteiger partial charge on any atom is -0.332 e. The lowest BCUT2D eigenvalue weighted by Gasteiger charge is -2.30. The molecule has 0 unspecified atom stereocenters. The van der Waals surface area contributed by atoms with E-state index in [9.17, 15) is 14.0 Å². The van der Waals surface area contributed by atoms with Crippen LogP contribution in [0, 0.1) is 12.7 Å². The molecule has 1 aromatic heterocycles. The molecule has 4 nitrogen and oxygen atoms in total. The van der Waals surface area contributed by atoms with Gasteiger partial charge in [-0.25, -0.2) is 4.39 Å². The third-order valence-corrected chi connectivity index (χ3v) is 7.14. The van der Waals surface area contributed by atoms with Crippen molar-refractivity contribution in [3.05, 3.63) is 92.9 Å². The summed E-state index contributed by atoms with van der Waals surface area (Å²) >= 11 is 1.61. The molecule has 1 heterocycles. The number of rotatable bonds is 8. The predicted octanol–water partition coefficient (Wildman–Crippen LogP) is 6.57. The van der Waals surface area contributed by atoms with Gasteiger partial charge in [-0.3, -0.25) is 9.59 Å². The molecule has 0 saturated heterocycles. The Morgan fingerprint density at radius 2 is 1.57 bits per heavy atom. The van der Waals surface area contributed by atoms with E-state index in [2.05, 4.69) is 20.8 Å². The van der Waals surface area contributed by atoms with Gasteiger partial charge in [-0.1, -0.05) is 45.0 Å². The molecule has 35 heavy (non-hydrogen) atoms. The van der Waals surface area contributed by atoms with E-state index in [0.717, 1.165) is 21.6 Å². The molecule has 0 atom stereocenters. The van der Waals surface area contributed by atoms with Crippen molar-refractivity contribution in [2.75, 3.05) is 6.54 Å². The number of aryl methyl sites for hydroxylation is 1. The van der Waals surface area contributed by atoms with Crippen LogP contribution in [0.4, 0.5) is 4.39 Å². The summed E-state index contributed by atoms with van der Waals surface area (Å²) in [6.45, 7) is 13.0. The fourth-order valence-corrected chi connectivity index (χ4v) is 4.72. The molecular weight excluding hydrogens is 459 g/mol. The van der Waals surface area contributed by atoms with Crippen molar-refractivity contribution in [2.24, 2.45) is 0 Å². The van der Waals surface area contributed by atoms with E-state index in [1.54, 1.807) is 33.3 Å². The Kier molecular flexibility index (Phi) is 8.49. The van der Waals surface area contributed by atoms with Crippen LogP contribution < -0.4 is 0 Å². The highest BCUT2D eigenvalue weighted by Gasteiger charge is 2.26. The average molecular weight is 495 g/mol. The molecule has 0 radical (unpaired) electrons. The summed E-state index contributed by atoms with van der Waals surface area (Å²) in [4.78, 5) is 31.4. The van der Waals surface area contributed by atoms with Crippen molar-refractivity contribution in [3.63, 3.8) is 0 Å². The van der Waals surface area contributed by atoms with Crippen LogP contribution in [0.25, 0.3) is 0 Å². The lowest BCUT2D eigenvalue weighted by atomic mass is 9.86. The first-order chi connectivity index (χ1) is 16.5. The van der Waals surface area contributed by atoms with Crippen LogP contribution in [0.15, 0.2) is 60.0 Å². The van der Waals surface area contributed by atoms with E-state index in [1.165, 1.54) is 12.1 Å². The van der Waals surface area contributed by atoms with Crippen molar-refractivity contribution >= 4 is 23.2 Å². The van der Waals surface area contributed by atoms with Gasteiger partial charge in [-0.05, 0) is 78.6 Å². The smallest absolute Gasteiger partial charge is 0.254 e. The van der Waals surface area contributed by atoms with Crippen LogP contribution >= 0.6 is 11.3 Å². The molecule has 2 aromatic carbocycles. The Balaban J connectivity index is 1.82. The zero-order valence-corrected chi connectivity index (χ0v) is 22.3. The van der Waals surface area contributed by atoms with Gasteiger partial charge >= 0.3 is 0 Å². The van der Waals surface area contributed by atoms with E-state index in [-0.39, 0.29) is 35.6 Å². The highest BCUT2D eigenvalue weighted by atomic mass is 32.1. The number of nitrogens with zero attached hydrogens (tertiary/aromatic N) is 2. The summed E-state index contributed by atoms with van der Waals surface area (Å²) < 4.78 is 13.4.